The number of halogens is 2. The quantitative estimate of drug-likeness (QED) is 0.944. The minimum atomic E-state index is -3.78. The van der Waals surface area contributed by atoms with Crippen LogP contribution in [0.3, 0.4) is 0 Å². The number of sulfonamides is 1. The monoisotopic (exact) mass is 317 g/mol. The van der Waals surface area contributed by atoms with Gasteiger partial charge in [-0.3, -0.25) is 4.72 Å². The first-order valence-electron chi connectivity index (χ1n) is 5.15. The summed E-state index contributed by atoms with van der Waals surface area (Å²) >= 11 is 11.6. The van der Waals surface area contributed by atoms with Crippen LogP contribution in [0.4, 0.5) is 5.82 Å². The fourth-order valence-corrected chi connectivity index (χ4v) is 3.17. The summed E-state index contributed by atoms with van der Waals surface area (Å²) in [6.45, 7) is 1.65. The van der Waals surface area contributed by atoms with Crippen molar-refractivity contribution >= 4 is 39.0 Å². The topological polar surface area (TPSA) is 72.0 Å². The van der Waals surface area contributed by atoms with Crippen LogP contribution in [-0.2, 0) is 10.0 Å². The largest absolute Gasteiger partial charge is 0.263 e. The number of hydrogen-bond donors (Lipinski definition) is 1. The lowest BCUT2D eigenvalue weighted by atomic mass is 10.2. The fourth-order valence-electron chi connectivity index (χ4n) is 1.49. The van der Waals surface area contributed by atoms with Gasteiger partial charge in [0.25, 0.3) is 10.0 Å². The van der Waals surface area contributed by atoms with Crippen molar-refractivity contribution in [1.82, 2.24) is 9.97 Å². The zero-order valence-electron chi connectivity index (χ0n) is 9.76. The summed E-state index contributed by atoms with van der Waals surface area (Å²) in [5.41, 5.74) is 0.528. The minimum Gasteiger partial charge on any atom is -0.261 e. The third-order valence-corrected chi connectivity index (χ3v) is 4.32. The molecule has 19 heavy (non-hydrogen) atoms. The molecule has 0 aliphatic rings. The van der Waals surface area contributed by atoms with Gasteiger partial charge in [0.1, 0.15) is 0 Å². The summed E-state index contributed by atoms with van der Waals surface area (Å²) < 4.78 is 26.7. The standard InChI is InChI=1S/C11H9Cl2N3O2S/c1-7-6-8(12)2-3-9(7)19(17,18)16-11-10(13)14-4-5-15-11/h2-6H,1H3,(H,15,16). The van der Waals surface area contributed by atoms with Crippen molar-refractivity contribution in [3.8, 4) is 0 Å². The van der Waals surface area contributed by atoms with E-state index in [0.717, 1.165) is 0 Å². The van der Waals surface area contributed by atoms with Crippen LogP contribution < -0.4 is 4.72 Å². The van der Waals surface area contributed by atoms with E-state index in [1.54, 1.807) is 13.0 Å². The van der Waals surface area contributed by atoms with Crippen LogP contribution >= 0.6 is 23.2 Å². The third-order valence-electron chi connectivity index (χ3n) is 2.31. The third kappa shape index (κ3) is 3.15. The van der Waals surface area contributed by atoms with Crippen molar-refractivity contribution in [2.75, 3.05) is 4.72 Å². The maximum Gasteiger partial charge on any atom is 0.263 e. The molecule has 0 spiro atoms. The second-order valence-electron chi connectivity index (χ2n) is 3.71. The van der Waals surface area contributed by atoms with Gasteiger partial charge >= 0.3 is 0 Å². The lowest BCUT2D eigenvalue weighted by Gasteiger charge is -2.10. The molecule has 0 amide bonds. The van der Waals surface area contributed by atoms with E-state index >= 15 is 0 Å². The molecule has 0 saturated heterocycles. The van der Waals surface area contributed by atoms with Crippen LogP contribution in [0.1, 0.15) is 5.56 Å². The van der Waals surface area contributed by atoms with Crippen molar-refractivity contribution < 1.29 is 8.42 Å². The Hall–Kier alpha value is -1.37. The molecule has 5 nitrogen and oxygen atoms in total. The molecule has 8 heteroatoms. The second-order valence-corrected chi connectivity index (χ2v) is 6.16. The molecule has 0 saturated carbocycles. The highest BCUT2D eigenvalue weighted by Crippen LogP contribution is 2.23. The molecule has 0 fully saturated rings. The summed E-state index contributed by atoms with van der Waals surface area (Å²) in [4.78, 5) is 7.68. The Morgan fingerprint density at radius 3 is 2.47 bits per heavy atom. The van der Waals surface area contributed by atoms with Crippen molar-refractivity contribution in [3.05, 3.63) is 46.3 Å². The molecule has 0 aliphatic heterocycles. The molecule has 2 aromatic rings. The Morgan fingerprint density at radius 2 is 1.84 bits per heavy atom. The number of hydrogen-bond acceptors (Lipinski definition) is 4. The zero-order chi connectivity index (χ0) is 14.0. The van der Waals surface area contributed by atoms with Crippen LogP contribution in [0.5, 0.6) is 0 Å². The second kappa shape index (κ2) is 5.32. The van der Waals surface area contributed by atoms with E-state index in [1.165, 1.54) is 24.5 Å². The first kappa shape index (κ1) is 14.0. The highest BCUT2D eigenvalue weighted by Gasteiger charge is 2.19. The molecule has 100 valence electrons. The SMILES string of the molecule is Cc1cc(Cl)ccc1S(=O)(=O)Nc1nccnc1Cl. The molecule has 0 bridgehead atoms. The van der Waals surface area contributed by atoms with Crippen molar-refractivity contribution in [1.29, 1.82) is 0 Å². The average Bonchev–Trinajstić information content (AvgIpc) is 2.31. The van der Waals surface area contributed by atoms with Gasteiger partial charge < -0.3 is 0 Å². The highest BCUT2D eigenvalue weighted by atomic mass is 35.5. The van der Waals surface area contributed by atoms with E-state index in [0.29, 0.717) is 10.6 Å². The van der Waals surface area contributed by atoms with Gasteiger partial charge in [-0.15, -0.1) is 0 Å². The van der Waals surface area contributed by atoms with E-state index < -0.39 is 10.0 Å². The van der Waals surface area contributed by atoms with Gasteiger partial charge in [0.2, 0.25) is 0 Å². The predicted octanol–water partition coefficient (Wildman–Crippen LogP) is 2.89. The summed E-state index contributed by atoms with van der Waals surface area (Å²) in [7, 11) is -3.78. The molecule has 0 radical (unpaired) electrons. The van der Waals surface area contributed by atoms with Gasteiger partial charge in [-0.1, -0.05) is 23.2 Å². The fraction of sp³-hybridized carbons (Fsp3) is 0.0909. The minimum absolute atomic E-state index is 0.0153. The van der Waals surface area contributed by atoms with E-state index in [4.69, 9.17) is 23.2 Å². The molecule has 0 aliphatic carbocycles. The summed E-state index contributed by atoms with van der Waals surface area (Å²) in [6, 6.07) is 4.49. The first-order valence-corrected chi connectivity index (χ1v) is 7.39. The van der Waals surface area contributed by atoms with Gasteiger partial charge in [-0.2, -0.15) is 0 Å². The van der Waals surface area contributed by atoms with Gasteiger partial charge in [0.15, 0.2) is 11.0 Å². The van der Waals surface area contributed by atoms with Crippen molar-refractivity contribution in [2.45, 2.75) is 11.8 Å². The lowest BCUT2D eigenvalue weighted by Crippen LogP contribution is -2.15. The van der Waals surface area contributed by atoms with Crippen molar-refractivity contribution in [2.24, 2.45) is 0 Å². The van der Waals surface area contributed by atoms with E-state index in [2.05, 4.69) is 14.7 Å². The summed E-state index contributed by atoms with van der Waals surface area (Å²) in [5, 5.41) is 0.451. The Balaban J connectivity index is 2.41. The zero-order valence-corrected chi connectivity index (χ0v) is 12.1. The molecular formula is C11H9Cl2N3O2S. The number of aryl methyl sites for hydroxylation is 1. The first-order chi connectivity index (χ1) is 8.90. The highest BCUT2D eigenvalue weighted by molar-refractivity contribution is 7.92. The molecular weight excluding hydrogens is 309 g/mol. The average molecular weight is 318 g/mol. The molecule has 1 aromatic carbocycles. The number of benzene rings is 1. The normalized spacial score (nSPS) is 11.3. The summed E-state index contributed by atoms with van der Waals surface area (Å²) in [6.07, 6.45) is 2.71. The molecule has 1 N–H and O–H groups in total. The van der Waals surface area contributed by atoms with Gasteiger partial charge in [-0.05, 0) is 30.7 Å². The molecule has 1 heterocycles. The predicted molar refractivity (Wildman–Crippen MR) is 74.0 cm³/mol. The Kier molecular flexibility index (Phi) is 3.93. The Labute approximate surface area is 120 Å². The number of aromatic nitrogens is 2. The van der Waals surface area contributed by atoms with E-state index in [-0.39, 0.29) is 15.9 Å². The van der Waals surface area contributed by atoms with E-state index in [9.17, 15) is 8.42 Å². The van der Waals surface area contributed by atoms with Crippen LogP contribution in [0, 0.1) is 6.92 Å². The maximum absolute atomic E-state index is 12.2. The number of nitrogens with one attached hydrogen (secondary N) is 1. The van der Waals surface area contributed by atoms with Gasteiger partial charge in [0.05, 0.1) is 4.90 Å². The number of anilines is 1. The Morgan fingerprint density at radius 1 is 1.16 bits per heavy atom. The maximum atomic E-state index is 12.2. The smallest absolute Gasteiger partial charge is 0.261 e. The number of nitrogens with zero attached hydrogens (tertiary/aromatic N) is 2. The number of rotatable bonds is 3. The molecule has 0 atom stereocenters. The van der Waals surface area contributed by atoms with Gasteiger partial charge in [-0.25, -0.2) is 18.4 Å². The van der Waals surface area contributed by atoms with Crippen LogP contribution in [0.15, 0.2) is 35.5 Å². The van der Waals surface area contributed by atoms with E-state index in [1.807, 2.05) is 0 Å². The van der Waals surface area contributed by atoms with Crippen LogP contribution in [0.25, 0.3) is 0 Å². The molecule has 2 rings (SSSR count). The van der Waals surface area contributed by atoms with Crippen LogP contribution in [0.2, 0.25) is 10.2 Å². The summed E-state index contributed by atoms with van der Waals surface area (Å²) in [5.74, 6) is -0.0153. The Bertz CT molecular complexity index is 720. The lowest BCUT2D eigenvalue weighted by molar-refractivity contribution is 0.600. The molecule has 1 aromatic heterocycles. The van der Waals surface area contributed by atoms with Gasteiger partial charge in [0, 0.05) is 17.4 Å². The van der Waals surface area contributed by atoms with Crippen LogP contribution in [-0.4, -0.2) is 18.4 Å². The van der Waals surface area contributed by atoms with Crippen molar-refractivity contribution in [3.63, 3.8) is 0 Å². The molecule has 0 unspecified atom stereocenters.